The number of halogens is 4. The lowest BCUT2D eigenvalue weighted by molar-refractivity contribution is 0.0253. The molecule has 184 valence electrons. The lowest BCUT2D eigenvalue weighted by Gasteiger charge is -2.35. The zero-order valence-corrected chi connectivity index (χ0v) is 23.2. The highest BCUT2D eigenvalue weighted by Crippen LogP contribution is 2.57. The van der Waals surface area contributed by atoms with Crippen LogP contribution in [0.25, 0.3) is 0 Å². The molecule has 5 nitrogen and oxygen atoms in total. The SMILES string of the molecule is CN(C)c1ccc(C2(c3ccc(N(C)C)cc3N(C)C)OC(=O)c3c(Cl)c(Cl)c(Cl)c(Cl)c32)cc1. The van der Waals surface area contributed by atoms with Gasteiger partial charge in [0, 0.05) is 76.0 Å². The van der Waals surface area contributed by atoms with Crippen molar-refractivity contribution in [2.45, 2.75) is 5.60 Å². The van der Waals surface area contributed by atoms with Gasteiger partial charge in [0.05, 0.1) is 25.7 Å². The molecule has 1 unspecified atom stereocenters. The number of ether oxygens (including phenoxy) is 1. The molecule has 0 spiro atoms. The van der Waals surface area contributed by atoms with Gasteiger partial charge in [-0.3, -0.25) is 0 Å². The maximum atomic E-state index is 13.4. The number of benzene rings is 3. The number of anilines is 3. The van der Waals surface area contributed by atoms with Crippen molar-refractivity contribution in [2.75, 3.05) is 57.0 Å². The molecule has 1 atom stereocenters. The molecule has 0 saturated carbocycles. The molecular formula is C26H25Cl4N3O2. The van der Waals surface area contributed by atoms with Crippen LogP contribution >= 0.6 is 46.4 Å². The molecule has 0 N–H and O–H groups in total. The summed E-state index contributed by atoms with van der Waals surface area (Å²) < 4.78 is 6.28. The number of carbonyl (C=O) groups is 1. The van der Waals surface area contributed by atoms with Gasteiger partial charge in [-0.15, -0.1) is 0 Å². The maximum absolute atomic E-state index is 13.4. The van der Waals surface area contributed by atoms with Crippen LogP contribution in [0.3, 0.4) is 0 Å². The van der Waals surface area contributed by atoms with Crippen LogP contribution in [0.15, 0.2) is 42.5 Å². The van der Waals surface area contributed by atoms with Crippen molar-refractivity contribution < 1.29 is 9.53 Å². The van der Waals surface area contributed by atoms with Gasteiger partial charge in [-0.05, 0) is 24.3 Å². The molecule has 9 heteroatoms. The first kappa shape index (κ1) is 25.8. The molecule has 0 bridgehead atoms. The molecular weight excluding hydrogens is 528 g/mol. The molecule has 0 fully saturated rings. The van der Waals surface area contributed by atoms with Gasteiger partial charge < -0.3 is 19.4 Å². The maximum Gasteiger partial charge on any atom is 0.341 e. The van der Waals surface area contributed by atoms with Crippen molar-refractivity contribution in [1.29, 1.82) is 0 Å². The van der Waals surface area contributed by atoms with E-state index in [2.05, 4.69) is 0 Å². The lowest BCUT2D eigenvalue weighted by Crippen LogP contribution is -2.32. The molecule has 35 heavy (non-hydrogen) atoms. The van der Waals surface area contributed by atoms with Crippen molar-refractivity contribution in [1.82, 2.24) is 0 Å². The van der Waals surface area contributed by atoms with E-state index < -0.39 is 11.6 Å². The molecule has 0 amide bonds. The van der Waals surface area contributed by atoms with Crippen LogP contribution < -0.4 is 14.7 Å². The molecule has 3 aromatic carbocycles. The molecule has 4 rings (SSSR count). The smallest absolute Gasteiger partial charge is 0.341 e. The van der Waals surface area contributed by atoms with Crippen LogP contribution in [0, 0.1) is 0 Å². The Labute approximate surface area is 225 Å². The van der Waals surface area contributed by atoms with Crippen LogP contribution in [0.2, 0.25) is 20.1 Å². The molecule has 0 aromatic heterocycles. The summed E-state index contributed by atoms with van der Waals surface area (Å²) in [5.41, 5.74) is 3.32. The summed E-state index contributed by atoms with van der Waals surface area (Å²) in [6.45, 7) is 0. The Balaban J connectivity index is 2.16. The molecule has 1 aliphatic heterocycles. The van der Waals surface area contributed by atoms with E-state index in [0.717, 1.165) is 17.1 Å². The van der Waals surface area contributed by atoms with Gasteiger partial charge in [0.2, 0.25) is 0 Å². The van der Waals surface area contributed by atoms with Crippen LogP contribution in [0.4, 0.5) is 17.1 Å². The molecule has 3 aromatic rings. The van der Waals surface area contributed by atoms with Crippen LogP contribution in [-0.2, 0) is 10.3 Å². The molecule has 1 aliphatic rings. The summed E-state index contributed by atoms with van der Waals surface area (Å²) >= 11 is 26.2. The highest BCUT2D eigenvalue weighted by molar-refractivity contribution is 6.53. The molecule has 0 aliphatic carbocycles. The van der Waals surface area contributed by atoms with Crippen LogP contribution in [0.1, 0.15) is 27.0 Å². The van der Waals surface area contributed by atoms with Gasteiger partial charge in [-0.1, -0.05) is 64.6 Å². The average Bonchev–Trinajstić information content (AvgIpc) is 3.14. The van der Waals surface area contributed by atoms with E-state index in [1.54, 1.807) is 0 Å². The largest absolute Gasteiger partial charge is 0.440 e. The highest BCUT2D eigenvalue weighted by Gasteiger charge is 2.53. The van der Waals surface area contributed by atoms with Crippen molar-refractivity contribution in [3.63, 3.8) is 0 Å². The van der Waals surface area contributed by atoms with Gasteiger partial charge >= 0.3 is 5.97 Å². The number of esters is 1. The Morgan fingerprint density at radius 3 is 1.77 bits per heavy atom. The van der Waals surface area contributed by atoms with Gasteiger partial charge in [-0.25, -0.2) is 4.79 Å². The number of cyclic esters (lactones) is 1. The number of hydrogen-bond acceptors (Lipinski definition) is 5. The summed E-state index contributed by atoms with van der Waals surface area (Å²) in [7, 11) is 11.7. The van der Waals surface area contributed by atoms with Crippen molar-refractivity contribution in [3.05, 3.63) is 84.8 Å². The van der Waals surface area contributed by atoms with E-state index in [-0.39, 0.29) is 25.7 Å². The lowest BCUT2D eigenvalue weighted by atomic mass is 9.78. The summed E-state index contributed by atoms with van der Waals surface area (Å²) in [6.07, 6.45) is 0. The van der Waals surface area contributed by atoms with Gasteiger partial charge in [0.1, 0.15) is 0 Å². The second-order valence-corrected chi connectivity index (χ2v) is 10.5. The summed E-state index contributed by atoms with van der Waals surface area (Å²) in [5.74, 6) is -0.622. The van der Waals surface area contributed by atoms with E-state index in [4.69, 9.17) is 51.1 Å². The predicted octanol–water partition coefficient (Wildman–Crippen LogP) is 6.96. The van der Waals surface area contributed by atoms with Crippen LogP contribution in [-0.4, -0.2) is 48.3 Å². The zero-order chi connectivity index (χ0) is 25.8. The first-order valence-electron chi connectivity index (χ1n) is 10.8. The first-order valence-corrected chi connectivity index (χ1v) is 12.3. The fourth-order valence-electron chi connectivity index (χ4n) is 4.40. The van der Waals surface area contributed by atoms with Gasteiger partial charge in [0.15, 0.2) is 5.60 Å². The van der Waals surface area contributed by atoms with E-state index >= 15 is 0 Å². The standard InChI is InChI=1S/C26H25Cl4N3O2/c1-31(2)15-9-7-14(8-10-15)26(17-12-11-16(32(3)4)13-18(17)33(5)6)20-19(25(34)35-26)21(27)23(29)24(30)22(20)28/h7-13H,1-6H3. The third-order valence-corrected chi connectivity index (χ3v) is 8.02. The van der Waals surface area contributed by atoms with Crippen molar-refractivity contribution in [2.24, 2.45) is 0 Å². The summed E-state index contributed by atoms with van der Waals surface area (Å²) in [4.78, 5) is 19.4. The monoisotopic (exact) mass is 551 g/mol. The predicted molar refractivity (Wildman–Crippen MR) is 148 cm³/mol. The molecule has 0 radical (unpaired) electrons. The van der Waals surface area contributed by atoms with E-state index in [1.165, 1.54) is 0 Å². The third-order valence-electron chi connectivity index (χ3n) is 6.22. The average molecular weight is 553 g/mol. The Morgan fingerprint density at radius 1 is 0.686 bits per heavy atom. The first-order chi connectivity index (χ1) is 16.4. The minimum atomic E-state index is -1.41. The Bertz CT molecular complexity index is 1320. The Morgan fingerprint density at radius 2 is 1.23 bits per heavy atom. The third kappa shape index (κ3) is 3.99. The highest BCUT2D eigenvalue weighted by atomic mass is 35.5. The van der Waals surface area contributed by atoms with E-state index in [0.29, 0.717) is 16.7 Å². The Kier molecular flexibility index (Phi) is 6.84. The van der Waals surface area contributed by atoms with E-state index in [1.807, 2.05) is 99.5 Å². The molecule has 1 heterocycles. The number of fused-ring (bicyclic) bond motifs is 1. The fourth-order valence-corrected chi connectivity index (χ4v) is 5.47. The second kappa shape index (κ2) is 9.29. The second-order valence-electron chi connectivity index (χ2n) is 9.01. The van der Waals surface area contributed by atoms with E-state index in [9.17, 15) is 4.79 Å². The Hall–Kier alpha value is -2.31. The molecule has 0 saturated heterocycles. The van der Waals surface area contributed by atoms with Gasteiger partial charge in [0.25, 0.3) is 0 Å². The minimum Gasteiger partial charge on any atom is -0.440 e. The normalized spacial score (nSPS) is 16.7. The topological polar surface area (TPSA) is 36.0 Å². The number of hydrogen-bond donors (Lipinski definition) is 0. The summed E-state index contributed by atoms with van der Waals surface area (Å²) in [6, 6.07) is 13.7. The fraction of sp³-hybridized carbons (Fsp3) is 0.269. The van der Waals surface area contributed by atoms with Gasteiger partial charge in [-0.2, -0.15) is 0 Å². The van der Waals surface area contributed by atoms with Crippen molar-refractivity contribution in [3.8, 4) is 0 Å². The number of nitrogens with zero attached hydrogens (tertiary/aromatic N) is 3. The zero-order valence-electron chi connectivity index (χ0n) is 20.2. The quantitative estimate of drug-likeness (QED) is 0.194. The number of rotatable bonds is 5. The summed E-state index contributed by atoms with van der Waals surface area (Å²) in [5, 5.41) is 0.230. The number of carbonyl (C=O) groups excluding carboxylic acids is 1. The minimum absolute atomic E-state index is 0.0172. The van der Waals surface area contributed by atoms with Crippen LogP contribution in [0.5, 0.6) is 0 Å². The van der Waals surface area contributed by atoms with Crippen molar-refractivity contribution >= 4 is 69.4 Å².